The van der Waals surface area contributed by atoms with Crippen LogP contribution >= 0.6 is 0 Å². The van der Waals surface area contributed by atoms with Crippen molar-refractivity contribution >= 4 is 0 Å². The Labute approximate surface area is 114 Å². The van der Waals surface area contributed by atoms with Crippen molar-refractivity contribution in [2.24, 2.45) is 0 Å². The normalized spacial score (nSPS) is 12.9. The van der Waals surface area contributed by atoms with Crippen LogP contribution in [0.2, 0.25) is 0 Å². The second-order valence-electron chi connectivity index (χ2n) is 5.21. The molecule has 0 radical (unpaired) electrons. The summed E-state index contributed by atoms with van der Waals surface area (Å²) in [6, 6.07) is 8.59. The van der Waals surface area contributed by atoms with Crippen LogP contribution in [0.1, 0.15) is 42.8 Å². The van der Waals surface area contributed by atoms with Gasteiger partial charge in [0.2, 0.25) is 0 Å². The molecule has 2 rings (SSSR count). The van der Waals surface area contributed by atoms with Gasteiger partial charge in [0.1, 0.15) is 12.2 Å². The van der Waals surface area contributed by atoms with Crippen molar-refractivity contribution in [3.05, 3.63) is 47.5 Å². The number of benzene rings is 1. The van der Waals surface area contributed by atoms with Gasteiger partial charge in [-0.1, -0.05) is 29.8 Å². The first kappa shape index (κ1) is 13.7. The molecule has 0 aliphatic rings. The lowest BCUT2D eigenvalue weighted by Crippen LogP contribution is -2.14. The third-order valence-electron chi connectivity index (χ3n) is 3.33. The second kappa shape index (κ2) is 5.97. The number of aryl methyl sites for hydroxylation is 1. The van der Waals surface area contributed by atoms with Crippen molar-refractivity contribution in [2.45, 2.75) is 39.2 Å². The van der Waals surface area contributed by atoms with E-state index in [9.17, 15) is 5.11 Å². The van der Waals surface area contributed by atoms with E-state index in [1.807, 2.05) is 4.68 Å². The zero-order valence-corrected chi connectivity index (χ0v) is 11.7. The van der Waals surface area contributed by atoms with Crippen molar-refractivity contribution in [1.29, 1.82) is 0 Å². The molecule has 19 heavy (non-hydrogen) atoms. The Bertz CT molecular complexity index is 516. The summed E-state index contributed by atoms with van der Waals surface area (Å²) in [4.78, 5) is 4.31. The molecule has 1 heterocycles. The first-order valence-corrected chi connectivity index (χ1v) is 6.67. The van der Waals surface area contributed by atoms with Gasteiger partial charge >= 0.3 is 0 Å². The minimum absolute atomic E-state index is 0.0716. The monoisotopic (exact) mass is 259 g/mol. The molecule has 4 heteroatoms. The highest BCUT2D eigenvalue weighted by atomic mass is 16.3. The lowest BCUT2D eigenvalue weighted by molar-refractivity contribution is 0.261. The van der Waals surface area contributed by atoms with E-state index in [-0.39, 0.29) is 18.6 Å². The minimum Gasteiger partial charge on any atom is -0.396 e. The van der Waals surface area contributed by atoms with Crippen LogP contribution < -0.4 is 0 Å². The van der Waals surface area contributed by atoms with Crippen LogP contribution in [0.25, 0.3) is 0 Å². The van der Waals surface area contributed by atoms with Gasteiger partial charge in [-0.25, -0.2) is 9.67 Å². The van der Waals surface area contributed by atoms with Crippen LogP contribution in [0.3, 0.4) is 0 Å². The van der Waals surface area contributed by atoms with Gasteiger partial charge in [0.05, 0.1) is 6.61 Å². The molecule has 1 unspecified atom stereocenters. The SMILES string of the molecule is Cc1ccc(C(CO)Cc2ncnn2C(C)C)cc1. The van der Waals surface area contributed by atoms with Crippen molar-refractivity contribution in [3.63, 3.8) is 0 Å². The molecule has 0 saturated carbocycles. The molecule has 1 aromatic heterocycles. The van der Waals surface area contributed by atoms with Crippen molar-refractivity contribution < 1.29 is 5.11 Å². The van der Waals surface area contributed by atoms with E-state index in [4.69, 9.17) is 0 Å². The average Bonchev–Trinajstić information content (AvgIpc) is 2.85. The molecule has 0 fully saturated rings. The molecular weight excluding hydrogens is 238 g/mol. The lowest BCUT2D eigenvalue weighted by Gasteiger charge is -2.16. The number of aliphatic hydroxyl groups excluding tert-OH is 1. The number of rotatable bonds is 5. The van der Waals surface area contributed by atoms with Crippen LogP contribution in [-0.2, 0) is 6.42 Å². The summed E-state index contributed by atoms with van der Waals surface area (Å²) >= 11 is 0. The summed E-state index contributed by atoms with van der Waals surface area (Å²) in [5.74, 6) is 0.997. The predicted octanol–water partition coefficient (Wildman–Crippen LogP) is 2.49. The maximum Gasteiger partial charge on any atom is 0.138 e. The van der Waals surface area contributed by atoms with E-state index in [0.717, 1.165) is 11.4 Å². The Balaban J connectivity index is 2.19. The lowest BCUT2D eigenvalue weighted by atomic mass is 9.95. The number of aromatic nitrogens is 3. The summed E-state index contributed by atoms with van der Waals surface area (Å²) < 4.78 is 1.91. The van der Waals surface area contributed by atoms with E-state index < -0.39 is 0 Å². The van der Waals surface area contributed by atoms with E-state index in [1.54, 1.807) is 6.33 Å². The number of hydrogen-bond acceptors (Lipinski definition) is 3. The second-order valence-corrected chi connectivity index (χ2v) is 5.21. The first-order chi connectivity index (χ1) is 9.11. The highest BCUT2D eigenvalue weighted by Gasteiger charge is 2.16. The van der Waals surface area contributed by atoms with Crippen molar-refractivity contribution in [3.8, 4) is 0 Å². The van der Waals surface area contributed by atoms with Gasteiger partial charge in [-0.15, -0.1) is 0 Å². The molecule has 0 bridgehead atoms. The summed E-state index contributed by atoms with van der Waals surface area (Å²) in [5.41, 5.74) is 2.37. The Morgan fingerprint density at radius 3 is 2.47 bits per heavy atom. The van der Waals surface area contributed by atoms with Crippen LogP contribution in [0.4, 0.5) is 0 Å². The quantitative estimate of drug-likeness (QED) is 0.897. The van der Waals surface area contributed by atoms with Gasteiger partial charge in [-0.3, -0.25) is 0 Å². The predicted molar refractivity (Wildman–Crippen MR) is 75.1 cm³/mol. The Kier molecular flexibility index (Phi) is 4.32. The zero-order chi connectivity index (χ0) is 13.8. The molecule has 0 aliphatic heterocycles. The van der Waals surface area contributed by atoms with Crippen LogP contribution in [0.5, 0.6) is 0 Å². The number of aliphatic hydroxyl groups is 1. The Morgan fingerprint density at radius 1 is 1.21 bits per heavy atom. The van der Waals surface area contributed by atoms with Gasteiger partial charge in [-0.05, 0) is 26.3 Å². The van der Waals surface area contributed by atoms with Crippen LogP contribution in [-0.4, -0.2) is 26.5 Å². The van der Waals surface area contributed by atoms with Crippen molar-refractivity contribution in [1.82, 2.24) is 14.8 Å². The van der Waals surface area contributed by atoms with Crippen molar-refractivity contribution in [2.75, 3.05) is 6.61 Å². The zero-order valence-electron chi connectivity index (χ0n) is 11.7. The third-order valence-corrected chi connectivity index (χ3v) is 3.33. The van der Waals surface area contributed by atoms with E-state index >= 15 is 0 Å². The topological polar surface area (TPSA) is 50.9 Å². The molecule has 1 atom stereocenters. The van der Waals surface area contributed by atoms with E-state index in [1.165, 1.54) is 5.56 Å². The number of hydrogen-bond donors (Lipinski definition) is 1. The third kappa shape index (κ3) is 3.20. The minimum atomic E-state index is 0.0716. The number of nitrogens with zero attached hydrogens (tertiary/aromatic N) is 3. The summed E-state index contributed by atoms with van der Waals surface area (Å²) in [5, 5.41) is 13.9. The maximum atomic E-state index is 9.62. The molecule has 1 N–H and O–H groups in total. The highest BCUT2D eigenvalue weighted by molar-refractivity contribution is 5.25. The van der Waals surface area contributed by atoms with Gasteiger partial charge in [0.15, 0.2) is 0 Å². The largest absolute Gasteiger partial charge is 0.396 e. The maximum absolute atomic E-state index is 9.62. The Hall–Kier alpha value is -1.68. The fourth-order valence-corrected chi connectivity index (χ4v) is 2.20. The average molecular weight is 259 g/mol. The summed E-state index contributed by atoms with van der Waals surface area (Å²) in [6.45, 7) is 6.34. The van der Waals surface area contributed by atoms with Gasteiger partial charge in [-0.2, -0.15) is 5.10 Å². The molecule has 0 amide bonds. The fraction of sp³-hybridized carbons (Fsp3) is 0.467. The summed E-state index contributed by atoms with van der Waals surface area (Å²) in [6.07, 6.45) is 2.29. The highest BCUT2D eigenvalue weighted by Crippen LogP contribution is 2.21. The van der Waals surface area contributed by atoms with Gasteiger partial charge < -0.3 is 5.11 Å². The van der Waals surface area contributed by atoms with Crippen LogP contribution in [0, 0.1) is 6.92 Å². The molecule has 102 valence electrons. The standard InChI is InChI=1S/C15H21N3O/c1-11(2)18-15(16-10-17-18)8-14(9-19)13-6-4-12(3)5-7-13/h4-7,10-11,14,19H,8-9H2,1-3H3. The molecular formula is C15H21N3O. The van der Waals surface area contributed by atoms with E-state index in [2.05, 4.69) is 55.1 Å². The smallest absolute Gasteiger partial charge is 0.138 e. The molecule has 0 spiro atoms. The molecule has 4 nitrogen and oxygen atoms in total. The van der Waals surface area contributed by atoms with Gasteiger partial charge in [0.25, 0.3) is 0 Å². The molecule has 1 aromatic carbocycles. The Morgan fingerprint density at radius 2 is 1.89 bits per heavy atom. The van der Waals surface area contributed by atoms with Gasteiger partial charge in [0, 0.05) is 18.4 Å². The first-order valence-electron chi connectivity index (χ1n) is 6.67. The molecule has 0 saturated heterocycles. The summed E-state index contributed by atoms with van der Waals surface area (Å²) in [7, 11) is 0. The van der Waals surface area contributed by atoms with E-state index in [0.29, 0.717) is 6.42 Å². The van der Waals surface area contributed by atoms with Crippen LogP contribution in [0.15, 0.2) is 30.6 Å². The molecule has 2 aromatic rings. The fourth-order valence-electron chi connectivity index (χ4n) is 2.20. The molecule has 0 aliphatic carbocycles.